The Kier molecular flexibility index (Phi) is 7.57. The van der Waals surface area contributed by atoms with Gasteiger partial charge < -0.3 is 28.4 Å². The van der Waals surface area contributed by atoms with Crippen LogP contribution in [0.5, 0.6) is 17.2 Å². The van der Waals surface area contributed by atoms with Crippen LogP contribution < -0.4 is 19.6 Å². The zero-order valence-corrected chi connectivity index (χ0v) is 24.3. The summed E-state index contributed by atoms with van der Waals surface area (Å²) in [6.45, 7) is 7.68. The number of hydrogen-bond donors (Lipinski definition) is 2. The number of benzene rings is 2. The van der Waals surface area contributed by atoms with Gasteiger partial charge in [-0.15, -0.1) is 0 Å². The molecule has 0 saturated carbocycles. The van der Waals surface area contributed by atoms with Crippen molar-refractivity contribution in [1.29, 1.82) is 0 Å². The number of carbonyl (C=O) groups is 1. The van der Waals surface area contributed by atoms with Crippen molar-refractivity contribution in [2.24, 2.45) is 5.41 Å². The molecule has 1 spiro atoms. The van der Waals surface area contributed by atoms with Crippen LogP contribution in [0.4, 0.5) is 22.4 Å². The molecule has 232 valence electrons. The normalized spacial score (nSPS) is 22.6. The number of amides is 1. The lowest BCUT2D eigenvalue weighted by atomic mass is 9.81. The highest BCUT2D eigenvalue weighted by Gasteiger charge is 2.51. The number of rotatable bonds is 3. The summed E-state index contributed by atoms with van der Waals surface area (Å²) in [5.41, 5.74) is -8.31. The highest BCUT2D eigenvalue weighted by molar-refractivity contribution is 7.88. The van der Waals surface area contributed by atoms with E-state index in [1.165, 1.54) is 12.1 Å². The molecule has 5 rings (SSSR count). The zero-order chi connectivity index (χ0) is 31.4. The standard InChI is InChI=1S/C28H28F4N2O8S/c1-25(2,3)41-24(35)34-22-12-33-13-27(40-22)18-11-17(42-43(36,37)28(30,31)32)5-6-21(18)39-23-19(27)9-16(10-20(23)29)7-8-26(4)14-38-15-26/h5-6,9-11,22,33H,12-15H2,1-4H3,(H,34,35)/t22-,27?/m0/s1. The molecule has 1 amide bonds. The van der Waals surface area contributed by atoms with Gasteiger partial charge >= 0.3 is 21.7 Å². The molecular weight excluding hydrogens is 600 g/mol. The Balaban J connectivity index is 1.61. The molecule has 2 aromatic carbocycles. The molecule has 3 heterocycles. The molecule has 2 fully saturated rings. The van der Waals surface area contributed by atoms with E-state index in [1.807, 2.05) is 6.92 Å². The van der Waals surface area contributed by atoms with E-state index in [1.54, 1.807) is 20.8 Å². The maximum atomic E-state index is 15.6. The summed E-state index contributed by atoms with van der Waals surface area (Å²) in [6, 6.07) is 5.76. The smallest absolute Gasteiger partial charge is 0.453 e. The van der Waals surface area contributed by atoms with Gasteiger partial charge in [0.25, 0.3) is 0 Å². The molecule has 3 aliphatic heterocycles. The van der Waals surface area contributed by atoms with E-state index < -0.39 is 56.1 Å². The second kappa shape index (κ2) is 10.5. The summed E-state index contributed by atoms with van der Waals surface area (Å²) in [7, 11) is -6.02. The largest absolute Gasteiger partial charge is 0.534 e. The summed E-state index contributed by atoms with van der Waals surface area (Å²) in [6.07, 6.45) is -1.91. The van der Waals surface area contributed by atoms with Crippen LogP contribution in [0.2, 0.25) is 0 Å². The molecule has 15 heteroatoms. The third-order valence-corrected chi connectivity index (χ3v) is 7.62. The Morgan fingerprint density at radius 2 is 1.86 bits per heavy atom. The van der Waals surface area contributed by atoms with Gasteiger partial charge in [-0.2, -0.15) is 21.6 Å². The van der Waals surface area contributed by atoms with Crippen molar-refractivity contribution < 1.29 is 53.9 Å². The van der Waals surface area contributed by atoms with Crippen molar-refractivity contribution in [2.45, 2.75) is 50.6 Å². The van der Waals surface area contributed by atoms with E-state index in [0.29, 0.717) is 13.2 Å². The van der Waals surface area contributed by atoms with E-state index in [0.717, 1.165) is 18.2 Å². The number of ether oxygens (including phenoxy) is 4. The quantitative estimate of drug-likeness (QED) is 0.222. The first kappa shape index (κ1) is 30.9. The predicted octanol–water partition coefficient (Wildman–Crippen LogP) is 4.26. The van der Waals surface area contributed by atoms with Crippen LogP contribution in [0.1, 0.15) is 44.4 Å². The van der Waals surface area contributed by atoms with Crippen molar-refractivity contribution in [3.05, 3.63) is 52.8 Å². The Hall–Kier alpha value is -3.58. The van der Waals surface area contributed by atoms with E-state index in [2.05, 4.69) is 26.7 Å². The Labute approximate surface area is 245 Å². The van der Waals surface area contributed by atoms with Gasteiger partial charge in [-0.25, -0.2) is 9.18 Å². The fraction of sp³-hybridized carbons (Fsp3) is 0.464. The first-order chi connectivity index (χ1) is 19.9. The molecular formula is C28H28F4N2O8S. The Morgan fingerprint density at radius 1 is 1.14 bits per heavy atom. The number of halogens is 4. The van der Waals surface area contributed by atoms with Crippen LogP contribution in [-0.4, -0.2) is 58.2 Å². The van der Waals surface area contributed by atoms with E-state index >= 15 is 4.39 Å². The molecule has 1 unspecified atom stereocenters. The summed E-state index contributed by atoms with van der Waals surface area (Å²) in [5, 5.41) is 5.66. The number of morpholine rings is 1. The lowest BCUT2D eigenvalue weighted by molar-refractivity contribution is -0.112. The first-order valence-electron chi connectivity index (χ1n) is 13.1. The van der Waals surface area contributed by atoms with Crippen LogP contribution in [-0.2, 0) is 29.9 Å². The van der Waals surface area contributed by atoms with Gasteiger partial charge in [0.1, 0.15) is 28.9 Å². The zero-order valence-electron chi connectivity index (χ0n) is 23.5. The van der Waals surface area contributed by atoms with Crippen molar-refractivity contribution in [2.75, 3.05) is 26.3 Å². The number of fused-ring (bicyclic) bond motifs is 4. The molecule has 10 nitrogen and oxygen atoms in total. The van der Waals surface area contributed by atoms with Crippen molar-refractivity contribution in [3.63, 3.8) is 0 Å². The van der Waals surface area contributed by atoms with Gasteiger partial charge in [0.15, 0.2) is 11.6 Å². The fourth-order valence-corrected chi connectivity index (χ4v) is 5.16. The summed E-state index contributed by atoms with van der Waals surface area (Å²) >= 11 is 0. The topological polar surface area (TPSA) is 121 Å². The fourth-order valence-electron chi connectivity index (χ4n) is 4.71. The van der Waals surface area contributed by atoms with E-state index in [-0.39, 0.29) is 41.3 Å². The minimum absolute atomic E-state index is 0.0157. The molecule has 0 aromatic heterocycles. The predicted molar refractivity (Wildman–Crippen MR) is 142 cm³/mol. The SMILES string of the molecule is CC1(C#Cc2cc(F)c3c(c2)C2(CNC[C@@H](NC(=O)OC(C)(C)C)O2)c2cc(OS(=O)(=O)C(F)(F)F)ccc2O3)COC1. The van der Waals surface area contributed by atoms with Crippen molar-refractivity contribution in [1.82, 2.24) is 10.6 Å². The second-order valence-corrected chi connectivity index (χ2v) is 13.1. The average Bonchev–Trinajstić information content (AvgIpc) is 2.86. The van der Waals surface area contributed by atoms with E-state index in [4.69, 9.17) is 18.9 Å². The Bertz CT molecular complexity index is 1620. The third kappa shape index (κ3) is 6.23. The van der Waals surface area contributed by atoms with Gasteiger partial charge in [0.2, 0.25) is 0 Å². The number of alkyl carbamates (subject to hydrolysis) is 1. The molecule has 0 radical (unpaired) electrons. The van der Waals surface area contributed by atoms with Crippen LogP contribution >= 0.6 is 0 Å². The van der Waals surface area contributed by atoms with Gasteiger partial charge in [0, 0.05) is 29.8 Å². The third-order valence-electron chi connectivity index (χ3n) is 6.64. The maximum Gasteiger partial charge on any atom is 0.534 e. The molecule has 0 aliphatic carbocycles. The maximum absolute atomic E-state index is 15.6. The van der Waals surface area contributed by atoms with Gasteiger partial charge in [-0.1, -0.05) is 11.8 Å². The Morgan fingerprint density at radius 3 is 2.49 bits per heavy atom. The summed E-state index contributed by atoms with van der Waals surface area (Å²) in [5.74, 6) is 4.21. The van der Waals surface area contributed by atoms with Crippen molar-refractivity contribution >= 4 is 16.2 Å². The molecule has 2 N–H and O–H groups in total. The molecule has 2 aromatic rings. The minimum atomic E-state index is -6.02. The van der Waals surface area contributed by atoms with Gasteiger partial charge in [-0.05, 0) is 58.0 Å². The highest BCUT2D eigenvalue weighted by Crippen LogP contribution is 2.52. The van der Waals surface area contributed by atoms with Gasteiger partial charge in [0.05, 0.1) is 18.6 Å². The molecule has 2 atom stereocenters. The van der Waals surface area contributed by atoms with Crippen molar-refractivity contribution in [3.8, 4) is 29.1 Å². The lowest BCUT2D eigenvalue weighted by Crippen LogP contribution is -2.59. The molecule has 2 saturated heterocycles. The molecule has 43 heavy (non-hydrogen) atoms. The van der Waals surface area contributed by atoms with Crippen LogP contribution in [0.15, 0.2) is 30.3 Å². The van der Waals surface area contributed by atoms with Crippen LogP contribution in [0.25, 0.3) is 0 Å². The molecule has 0 bridgehead atoms. The number of alkyl halides is 3. The van der Waals surface area contributed by atoms with Gasteiger partial charge in [-0.3, -0.25) is 5.32 Å². The summed E-state index contributed by atoms with van der Waals surface area (Å²) < 4.78 is 105. The summed E-state index contributed by atoms with van der Waals surface area (Å²) in [4.78, 5) is 12.6. The lowest BCUT2D eigenvalue weighted by Gasteiger charge is -2.45. The first-order valence-corrected chi connectivity index (χ1v) is 14.5. The monoisotopic (exact) mass is 628 g/mol. The molecule has 3 aliphatic rings. The minimum Gasteiger partial charge on any atom is -0.453 e. The van der Waals surface area contributed by atoms with Crippen LogP contribution in [0, 0.1) is 23.1 Å². The van der Waals surface area contributed by atoms with Crippen LogP contribution in [0.3, 0.4) is 0 Å². The number of carbonyl (C=O) groups excluding carboxylic acids is 1. The number of hydrogen-bond acceptors (Lipinski definition) is 9. The average molecular weight is 629 g/mol. The highest BCUT2D eigenvalue weighted by atomic mass is 32.2. The number of nitrogens with one attached hydrogen (secondary N) is 2. The van der Waals surface area contributed by atoms with E-state index in [9.17, 15) is 26.4 Å². The second-order valence-electron chi connectivity index (χ2n) is 11.6.